The van der Waals surface area contributed by atoms with Crippen LogP contribution in [0.4, 0.5) is 11.4 Å². The first-order valence-electron chi connectivity index (χ1n) is 9.80. The second kappa shape index (κ2) is 8.61. The van der Waals surface area contributed by atoms with Crippen LogP contribution < -0.4 is 10.0 Å². The van der Waals surface area contributed by atoms with Crippen LogP contribution in [-0.2, 0) is 10.0 Å². The van der Waals surface area contributed by atoms with Crippen molar-refractivity contribution in [1.29, 1.82) is 0 Å². The molecule has 1 amide bonds. The molecule has 0 saturated heterocycles. The van der Waals surface area contributed by atoms with Crippen molar-refractivity contribution in [3.05, 3.63) is 94.6 Å². The van der Waals surface area contributed by atoms with E-state index in [0.29, 0.717) is 21.9 Å². The van der Waals surface area contributed by atoms with Crippen molar-refractivity contribution in [2.24, 2.45) is 0 Å². The molecule has 3 aromatic carbocycles. The number of rotatable bonds is 5. The summed E-state index contributed by atoms with van der Waals surface area (Å²) in [6, 6.07) is 19.8. The number of halogens is 1. The molecule has 6 nitrogen and oxygen atoms in total. The quantitative estimate of drug-likeness (QED) is 0.404. The highest BCUT2D eigenvalue weighted by molar-refractivity contribution is 7.92. The molecule has 32 heavy (non-hydrogen) atoms. The molecule has 0 aliphatic heterocycles. The molecule has 0 spiro atoms. The smallest absolute Gasteiger partial charge is 0.261 e. The summed E-state index contributed by atoms with van der Waals surface area (Å²) in [5, 5.41) is 4.22. The Morgan fingerprint density at radius 3 is 2.44 bits per heavy atom. The van der Waals surface area contributed by atoms with Crippen molar-refractivity contribution in [3.63, 3.8) is 0 Å². The van der Waals surface area contributed by atoms with Gasteiger partial charge in [-0.2, -0.15) is 0 Å². The van der Waals surface area contributed by atoms with E-state index < -0.39 is 15.9 Å². The summed E-state index contributed by atoms with van der Waals surface area (Å²) in [6.45, 7) is 3.70. The second-order valence-corrected chi connectivity index (χ2v) is 9.42. The van der Waals surface area contributed by atoms with Crippen LogP contribution in [0.25, 0.3) is 10.9 Å². The van der Waals surface area contributed by atoms with Gasteiger partial charge in [0.15, 0.2) is 0 Å². The Labute approximate surface area is 191 Å². The summed E-state index contributed by atoms with van der Waals surface area (Å²) in [7, 11) is -3.85. The van der Waals surface area contributed by atoms with E-state index in [2.05, 4.69) is 15.0 Å². The van der Waals surface area contributed by atoms with Gasteiger partial charge in [-0.3, -0.25) is 14.5 Å². The number of pyridine rings is 1. The summed E-state index contributed by atoms with van der Waals surface area (Å²) >= 11 is 6.22. The lowest BCUT2D eigenvalue weighted by molar-refractivity contribution is 0.102. The Hall–Kier alpha value is -3.42. The van der Waals surface area contributed by atoms with Crippen LogP contribution >= 0.6 is 11.6 Å². The molecule has 0 atom stereocenters. The lowest BCUT2D eigenvalue weighted by Gasteiger charge is -2.13. The number of para-hydroxylation sites is 1. The van der Waals surface area contributed by atoms with E-state index in [0.717, 1.165) is 16.6 Å². The van der Waals surface area contributed by atoms with Crippen molar-refractivity contribution >= 4 is 49.8 Å². The van der Waals surface area contributed by atoms with E-state index in [4.69, 9.17) is 11.6 Å². The van der Waals surface area contributed by atoms with E-state index in [1.807, 2.05) is 13.8 Å². The highest BCUT2D eigenvalue weighted by Crippen LogP contribution is 2.30. The number of fused-ring (bicyclic) bond motifs is 1. The first-order valence-corrected chi connectivity index (χ1v) is 11.7. The Bertz CT molecular complexity index is 1440. The van der Waals surface area contributed by atoms with Crippen LogP contribution in [0.3, 0.4) is 0 Å². The monoisotopic (exact) mass is 465 g/mol. The van der Waals surface area contributed by atoms with Gasteiger partial charge in [-0.15, -0.1) is 0 Å². The van der Waals surface area contributed by atoms with Crippen molar-refractivity contribution in [2.45, 2.75) is 18.7 Å². The van der Waals surface area contributed by atoms with Gasteiger partial charge in [-0.25, -0.2) is 8.42 Å². The topological polar surface area (TPSA) is 88.2 Å². The van der Waals surface area contributed by atoms with Gasteiger partial charge < -0.3 is 5.32 Å². The van der Waals surface area contributed by atoms with Crippen molar-refractivity contribution in [1.82, 2.24) is 4.98 Å². The molecule has 2 N–H and O–H groups in total. The summed E-state index contributed by atoms with van der Waals surface area (Å²) in [6.07, 6.45) is 0. The molecule has 8 heteroatoms. The molecule has 0 radical (unpaired) electrons. The van der Waals surface area contributed by atoms with E-state index in [-0.39, 0.29) is 10.5 Å². The first kappa shape index (κ1) is 21.8. The Balaban J connectivity index is 1.65. The zero-order valence-electron chi connectivity index (χ0n) is 17.4. The van der Waals surface area contributed by atoms with Gasteiger partial charge >= 0.3 is 0 Å². The average molecular weight is 466 g/mol. The normalized spacial score (nSPS) is 11.3. The van der Waals surface area contributed by atoms with Gasteiger partial charge in [0.25, 0.3) is 15.9 Å². The largest absolute Gasteiger partial charge is 0.321 e. The Morgan fingerprint density at radius 2 is 1.69 bits per heavy atom. The average Bonchev–Trinajstić information content (AvgIpc) is 2.77. The number of hydrogen-bond acceptors (Lipinski definition) is 4. The first-order chi connectivity index (χ1) is 15.2. The van der Waals surface area contributed by atoms with Crippen LogP contribution in [0.2, 0.25) is 5.02 Å². The highest BCUT2D eigenvalue weighted by Gasteiger charge is 2.18. The van der Waals surface area contributed by atoms with Gasteiger partial charge in [-0.1, -0.05) is 35.9 Å². The molecule has 4 aromatic rings. The standard InChI is InChI=1S/C24H20ClN3O3S/c1-15-13-22(20-11-12-21(25)16(2)23(20)26-15)27-24(29)17-7-6-10-19(14-17)32(30,31)28-18-8-4-3-5-9-18/h3-14,28H,1-2H3,(H,26,27,29). The van der Waals surface area contributed by atoms with E-state index in [1.165, 1.54) is 18.2 Å². The molecular formula is C24H20ClN3O3S. The van der Waals surface area contributed by atoms with Crippen LogP contribution in [-0.4, -0.2) is 19.3 Å². The third-order valence-electron chi connectivity index (χ3n) is 4.98. The minimum Gasteiger partial charge on any atom is -0.321 e. The molecule has 0 bridgehead atoms. The lowest BCUT2D eigenvalue weighted by Crippen LogP contribution is -2.16. The molecule has 4 rings (SSSR count). The van der Waals surface area contributed by atoms with E-state index >= 15 is 0 Å². The minimum atomic E-state index is -3.85. The molecule has 0 fully saturated rings. The van der Waals surface area contributed by atoms with Gasteiger partial charge in [0.2, 0.25) is 0 Å². The van der Waals surface area contributed by atoms with Crippen LogP contribution in [0.5, 0.6) is 0 Å². The minimum absolute atomic E-state index is 0.00704. The highest BCUT2D eigenvalue weighted by atomic mass is 35.5. The maximum absolute atomic E-state index is 13.0. The molecular weight excluding hydrogens is 446 g/mol. The number of amides is 1. The summed E-state index contributed by atoms with van der Waals surface area (Å²) < 4.78 is 28.0. The van der Waals surface area contributed by atoms with E-state index in [9.17, 15) is 13.2 Å². The number of hydrogen-bond donors (Lipinski definition) is 2. The van der Waals surface area contributed by atoms with Crippen molar-refractivity contribution in [2.75, 3.05) is 10.0 Å². The van der Waals surface area contributed by atoms with Crippen LogP contribution in [0.15, 0.2) is 77.7 Å². The number of aromatic nitrogens is 1. The third kappa shape index (κ3) is 4.44. The summed E-state index contributed by atoms with van der Waals surface area (Å²) in [5.41, 5.74) is 3.48. The summed E-state index contributed by atoms with van der Waals surface area (Å²) in [4.78, 5) is 17.5. The second-order valence-electron chi connectivity index (χ2n) is 7.33. The zero-order chi connectivity index (χ0) is 22.9. The van der Waals surface area contributed by atoms with Gasteiger partial charge in [0.05, 0.1) is 16.1 Å². The predicted octanol–water partition coefficient (Wildman–Crippen LogP) is 5.56. The van der Waals surface area contributed by atoms with Gasteiger partial charge in [0.1, 0.15) is 0 Å². The zero-order valence-corrected chi connectivity index (χ0v) is 19.0. The number of anilines is 2. The molecule has 0 aliphatic rings. The number of carbonyl (C=O) groups is 1. The summed E-state index contributed by atoms with van der Waals surface area (Å²) in [5.74, 6) is -0.429. The van der Waals surface area contributed by atoms with Gasteiger partial charge in [-0.05, 0) is 67.9 Å². The fourth-order valence-electron chi connectivity index (χ4n) is 3.35. The number of aryl methyl sites for hydroxylation is 2. The fourth-order valence-corrected chi connectivity index (χ4v) is 4.61. The molecule has 0 saturated carbocycles. The number of nitrogens with zero attached hydrogens (tertiary/aromatic N) is 1. The number of carbonyl (C=O) groups excluding carboxylic acids is 1. The van der Waals surface area contributed by atoms with Crippen LogP contribution in [0.1, 0.15) is 21.6 Å². The number of sulfonamides is 1. The Kier molecular flexibility index (Phi) is 5.86. The predicted molar refractivity (Wildman–Crippen MR) is 128 cm³/mol. The van der Waals surface area contributed by atoms with Crippen molar-refractivity contribution in [3.8, 4) is 0 Å². The van der Waals surface area contributed by atoms with Crippen LogP contribution in [0, 0.1) is 13.8 Å². The third-order valence-corrected chi connectivity index (χ3v) is 6.77. The molecule has 0 unspecified atom stereocenters. The molecule has 1 heterocycles. The van der Waals surface area contributed by atoms with E-state index in [1.54, 1.807) is 54.6 Å². The molecule has 0 aliphatic carbocycles. The number of benzene rings is 3. The fraction of sp³-hybridized carbons (Fsp3) is 0.0833. The SMILES string of the molecule is Cc1cc(NC(=O)c2cccc(S(=O)(=O)Nc3ccccc3)c2)c2ccc(Cl)c(C)c2n1. The number of nitrogens with one attached hydrogen (secondary N) is 2. The lowest BCUT2D eigenvalue weighted by atomic mass is 10.1. The molecule has 162 valence electrons. The Morgan fingerprint density at radius 1 is 0.938 bits per heavy atom. The van der Waals surface area contributed by atoms with Crippen molar-refractivity contribution < 1.29 is 13.2 Å². The maximum Gasteiger partial charge on any atom is 0.261 e. The molecule has 1 aromatic heterocycles. The van der Waals surface area contributed by atoms with Gasteiger partial charge in [0, 0.05) is 27.4 Å². The maximum atomic E-state index is 13.0.